The SMILES string of the molecule is CCCNc1cccc(Nc2ccc(Cl)c(OC)c2)n1. The summed E-state index contributed by atoms with van der Waals surface area (Å²) >= 11 is 6.00. The summed E-state index contributed by atoms with van der Waals surface area (Å²) in [6.07, 6.45) is 1.06. The number of aromatic nitrogens is 1. The first-order valence-corrected chi connectivity index (χ1v) is 6.92. The van der Waals surface area contributed by atoms with E-state index in [2.05, 4.69) is 22.5 Å². The molecule has 2 N–H and O–H groups in total. The van der Waals surface area contributed by atoms with Crippen molar-refractivity contribution in [3.05, 3.63) is 41.4 Å². The number of halogens is 1. The lowest BCUT2D eigenvalue weighted by atomic mass is 10.3. The molecule has 0 fully saturated rings. The molecule has 0 unspecified atom stereocenters. The fourth-order valence-corrected chi connectivity index (χ4v) is 1.94. The largest absolute Gasteiger partial charge is 0.495 e. The summed E-state index contributed by atoms with van der Waals surface area (Å²) in [7, 11) is 1.60. The maximum atomic E-state index is 6.00. The second kappa shape index (κ2) is 7.01. The van der Waals surface area contributed by atoms with Gasteiger partial charge in [0.05, 0.1) is 12.1 Å². The molecule has 0 bridgehead atoms. The molecule has 1 aromatic heterocycles. The molecular weight excluding hydrogens is 274 g/mol. The number of hydrogen-bond acceptors (Lipinski definition) is 4. The number of methoxy groups -OCH3 is 1. The summed E-state index contributed by atoms with van der Waals surface area (Å²) in [5.41, 5.74) is 0.881. The molecule has 1 aromatic carbocycles. The number of anilines is 3. The van der Waals surface area contributed by atoms with Gasteiger partial charge in [-0.05, 0) is 30.7 Å². The number of rotatable bonds is 6. The molecule has 1 heterocycles. The molecular formula is C15H18ClN3O. The highest BCUT2D eigenvalue weighted by molar-refractivity contribution is 6.32. The van der Waals surface area contributed by atoms with Crippen molar-refractivity contribution in [3.63, 3.8) is 0 Å². The van der Waals surface area contributed by atoms with Crippen molar-refractivity contribution < 1.29 is 4.74 Å². The van der Waals surface area contributed by atoms with Crippen LogP contribution in [0.3, 0.4) is 0 Å². The molecule has 0 spiro atoms. The van der Waals surface area contributed by atoms with Crippen molar-refractivity contribution >= 4 is 28.9 Å². The number of pyridine rings is 1. The van der Waals surface area contributed by atoms with Crippen LogP contribution in [-0.2, 0) is 0 Å². The Labute approximate surface area is 124 Å². The smallest absolute Gasteiger partial charge is 0.139 e. The molecule has 2 aromatic rings. The van der Waals surface area contributed by atoms with Gasteiger partial charge in [0, 0.05) is 18.3 Å². The van der Waals surface area contributed by atoms with Gasteiger partial charge in [0.15, 0.2) is 0 Å². The minimum Gasteiger partial charge on any atom is -0.495 e. The monoisotopic (exact) mass is 291 g/mol. The van der Waals surface area contributed by atoms with Crippen LogP contribution in [-0.4, -0.2) is 18.6 Å². The van der Waals surface area contributed by atoms with E-state index in [1.54, 1.807) is 13.2 Å². The quantitative estimate of drug-likeness (QED) is 0.832. The molecule has 0 aliphatic rings. The van der Waals surface area contributed by atoms with Gasteiger partial charge in [-0.2, -0.15) is 0 Å². The minimum atomic E-state index is 0.587. The number of benzene rings is 1. The van der Waals surface area contributed by atoms with Gasteiger partial charge < -0.3 is 15.4 Å². The van der Waals surface area contributed by atoms with Crippen LogP contribution in [0.4, 0.5) is 17.3 Å². The average Bonchev–Trinajstić information content (AvgIpc) is 2.47. The predicted octanol–water partition coefficient (Wildman–Crippen LogP) is 4.31. The van der Waals surface area contributed by atoms with Crippen molar-refractivity contribution in [1.29, 1.82) is 0 Å². The number of nitrogens with one attached hydrogen (secondary N) is 2. The van der Waals surface area contributed by atoms with Crippen molar-refractivity contribution in [2.45, 2.75) is 13.3 Å². The molecule has 2 rings (SSSR count). The Morgan fingerprint density at radius 2 is 2.00 bits per heavy atom. The van der Waals surface area contributed by atoms with Crippen LogP contribution < -0.4 is 15.4 Å². The van der Waals surface area contributed by atoms with E-state index in [0.29, 0.717) is 10.8 Å². The van der Waals surface area contributed by atoms with Crippen LogP contribution in [0.1, 0.15) is 13.3 Å². The van der Waals surface area contributed by atoms with Crippen molar-refractivity contribution in [3.8, 4) is 5.75 Å². The van der Waals surface area contributed by atoms with Gasteiger partial charge in [-0.3, -0.25) is 0 Å². The summed E-state index contributed by atoms with van der Waals surface area (Å²) in [6.45, 7) is 3.03. The molecule has 0 amide bonds. The van der Waals surface area contributed by atoms with Crippen LogP contribution in [0, 0.1) is 0 Å². The van der Waals surface area contributed by atoms with Crippen LogP contribution in [0.2, 0.25) is 5.02 Å². The Morgan fingerprint density at radius 1 is 1.20 bits per heavy atom. The minimum absolute atomic E-state index is 0.587. The third-order valence-electron chi connectivity index (χ3n) is 2.73. The highest BCUT2D eigenvalue weighted by atomic mass is 35.5. The fraction of sp³-hybridized carbons (Fsp3) is 0.267. The van der Waals surface area contributed by atoms with Gasteiger partial charge >= 0.3 is 0 Å². The lowest BCUT2D eigenvalue weighted by molar-refractivity contribution is 0.415. The molecule has 4 nitrogen and oxygen atoms in total. The molecule has 0 radical (unpaired) electrons. The highest BCUT2D eigenvalue weighted by Gasteiger charge is 2.03. The van der Waals surface area contributed by atoms with Crippen molar-refractivity contribution in [2.75, 3.05) is 24.3 Å². The number of nitrogens with zero attached hydrogens (tertiary/aromatic N) is 1. The molecule has 20 heavy (non-hydrogen) atoms. The first-order chi connectivity index (χ1) is 9.72. The molecule has 0 aliphatic heterocycles. The van der Waals surface area contributed by atoms with E-state index in [4.69, 9.17) is 16.3 Å². The molecule has 0 saturated carbocycles. The van der Waals surface area contributed by atoms with Crippen LogP contribution in [0.15, 0.2) is 36.4 Å². The summed E-state index contributed by atoms with van der Waals surface area (Å²) in [5.74, 6) is 2.27. The zero-order valence-electron chi connectivity index (χ0n) is 11.6. The van der Waals surface area contributed by atoms with E-state index < -0.39 is 0 Å². The zero-order chi connectivity index (χ0) is 14.4. The van der Waals surface area contributed by atoms with E-state index in [0.717, 1.165) is 30.3 Å². The van der Waals surface area contributed by atoms with Gasteiger partial charge in [-0.1, -0.05) is 24.6 Å². The predicted molar refractivity (Wildman–Crippen MR) is 84.3 cm³/mol. The third kappa shape index (κ3) is 3.78. The van der Waals surface area contributed by atoms with Gasteiger partial charge in [0.2, 0.25) is 0 Å². The Hall–Kier alpha value is -1.94. The summed E-state index contributed by atoms with van der Waals surface area (Å²) in [4.78, 5) is 4.49. The van der Waals surface area contributed by atoms with Crippen molar-refractivity contribution in [1.82, 2.24) is 4.98 Å². The first-order valence-electron chi connectivity index (χ1n) is 6.54. The van der Waals surface area contributed by atoms with Gasteiger partial charge in [0.25, 0.3) is 0 Å². The lowest BCUT2D eigenvalue weighted by Crippen LogP contribution is -2.03. The van der Waals surface area contributed by atoms with Gasteiger partial charge in [0.1, 0.15) is 17.4 Å². The summed E-state index contributed by atoms with van der Waals surface area (Å²) < 4.78 is 5.20. The second-order valence-electron chi connectivity index (χ2n) is 4.31. The summed E-state index contributed by atoms with van der Waals surface area (Å²) in [6, 6.07) is 11.3. The van der Waals surface area contributed by atoms with E-state index in [9.17, 15) is 0 Å². The molecule has 106 valence electrons. The first kappa shape index (κ1) is 14.5. The Bertz CT molecular complexity index is 575. The molecule has 0 atom stereocenters. The van der Waals surface area contributed by atoms with E-state index in [1.807, 2.05) is 30.3 Å². The molecule has 0 saturated heterocycles. The van der Waals surface area contributed by atoms with Gasteiger partial charge in [-0.15, -0.1) is 0 Å². The Kier molecular flexibility index (Phi) is 5.07. The zero-order valence-corrected chi connectivity index (χ0v) is 12.4. The van der Waals surface area contributed by atoms with Crippen molar-refractivity contribution in [2.24, 2.45) is 0 Å². The van der Waals surface area contributed by atoms with Crippen LogP contribution in [0.5, 0.6) is 5.75 Å². The van der Waals surface area contributed by atoms with Gasteiger partial charge in [-0.25, -0.2) is 4.98 Å². The summed E-state index contributed by atoms with van der Waals surface area (Å²) in [5, 5.41) is 7.08. The van der Waals surface area contributed by atoms with E-state index in [-0.39, 0.29) is 0 Å². The Balaban J connectivity index is 2.13. The Morgan fingerprint density at radius 3 is 2.75 bits per heavy atom. The topological polar surface area (TPSA) is 46.2 Å². The third-order valence-corrected chi connectivity index (χ3v) is 3.04. The maximum Gasteiger partial charge on any atom is 0.139 e. The number of hydrogen-bond donors (Lipinski definition) is 2. The average molecular weight is 292 g/mol. The second-order valence-corrected chi connectivity index (χ2v) is 4.72. The van der Waals surface area contributed by atoms with E-state index in [1.165, 1.54) is 0 Å². The fourth-order valence-electron chi connectivity index (χ4n) is 1.74. The van der Waals surface area contributed by atoms with Crippen LogP contribution in [0.25, 0.3) is 0 Å². The maximum absolute atomic E-state index is 6.00. The molecule has 0 aliphatic carbocycles. The number of ether oxygens (including phenoxy) is 1. The standard InChI is InChI=1S/C15H18ClN3O/c1-3-9-17-14-5-4-6-15(19-14)18-11-7-8-12(16)13(10-11)20-2/h4-8,10H,3,9H2,1-2H3,(H2,17,18,19). The molecule has 5 heteroatoms. The van der Waals surface area contributed by atoms with E-state index >= 15 is 0 Å². The normalized spacial score (nSPS) is 10.2. The highest BCUT2D eigenvalue weighted by Crippen LogP contribution is 2.28. The lowest BCUT2D eigenvalue weighted by Gasteiger charge is -2.10. The van der Waals surface area contributed by atoms with Crippen LogP contribution >= 0.6 is 11.6 Å².